The van der Waals surface area contributed by atoms with E-state index in [0.717, 1.165) is 27.8 Å². The van der Waals surface area contributed by atoms with Crippen molar-refractivity contribution in [2.75, 3.05) is 6.54 Å². The van der Waals surface area contributed by atoms with Crippen LogP contribution in [0, 0.1) is 27.7 Å². The van der Waals surface area contributed by atoms with Crippen molar-refractivity contribution in [2.24, 2.45) is 0 Å². The standard InChI is InChI=1S/C27H32N2O3S/c1-19-11-13-25(14-12-19)33(31,32)29(17-24-9-7-6-8-10-24)18-27(30)28-23(5)26-16-21(3)20(2)15-22(26)4/h6-16,23H,17-18H2,1-5H3,(H,28,30). The molecular formula is C27H32N2O3S. The number of sulfonamides is 1. The van der Waals surface area contributed by atoms with Crippen molar-refractivity contribution in [3.8, 4) is 0 Å². The third-order valence-electron chi connectivity index (χ3n) is 5.91. The van der Waals surface area contributed by atoms with Crippen LogP contribution in [0.25, 0.3) is 0 Å². The fourth-order valence-electron chi connectivity index (χ4n) is 3.85. The van der Waals surface area contributed by atoms with E-state index in [1.807, 2.05) is 58.0 Å². The molecule has 33 heavy (non-hydrogen) atoms. The van der Waals surface area contributed by atoms with Crippen molar-refractivity contribution in [1.29, 1.82) is 0 Å². The summed E-state index contributed by atoms with van der Waals surface area (Å²) in [5, 5.41) is 2.99. The fourth-order valence-corrected chi connectivity index (χ4v) is 5.23. The maximum Gasteiger partial charge on any atom is 0.243 e. The fraction of sp³-hybridized carbons (Fsp3) is 0.296. The van der Waals surface area contributed by atoms with Crippen molar-refractivity contribution in [2.45, 2.75) is 52.1 Å². The number of hydrogen-bond acceptors (Lipinski definition) is 3. The second-order valence-corrected chi connectivity index (χ2v) is 10.6. The number of benzene rings is 3. The molecule has 1 unspecified atom stereocenters. The van der Waals surface area contributed by atoms with Crippen LogP contribution in [-0.4, -0.2) is 25.2 Å². The lowest BCUT2D eigenvalue weighted by Gasteiger charge is -2.24. The molecule has 0 heterocycles. The highest BCUT2D eigenvalue weighted by molar-refractivity contribution is 7.89. The van der Waals surface area contributed by atoms with Gasteiger partial charge in [-0.1, -0.05) is 60.2 Å². The summed E-state index contributed by atoms with van der Waals surface area (Å²) in [6.45, 7) is 9.80. The predicted octanol–water partition coefficient (Wildman–Crippen LogP) is 4.99. The van der Waals surface area contributed by atoms with Gasteiger partial charge in [0.05, 0.1) is 17.5 Å². The molecule has 3 aromatic carbocycles. The van der Waals surface area contributed by atoms with Crippen LogP contribution in [0.5, 0.6) is 0 Å². The van der Waals surface area contributed by atoms with Crippen LogP contribution < -0.4 is 5.32 Å². The maximum absolute atomic E-state index is 13.4. The SMILES string of the molecule is Cc1ccc(S(=O)(=O)N(CC(=O)NC(C)c2cc(C)c(C)cc2C)Cc2ccccc2)cc1. The second-order valence-electron chi connectivity index (χ2n) is 8.65. The van der Waals surface area contributed by atoms with Gasteiger partial charge in [-0.2, -0.15) is 4.31 Å². The number of nitrogens with zero attached hydrogens (tertiary/aromatic N) is 1. The van der Waals surface area contributed by atoms with Crippen LogP contribution in [0.4, 0.5) is 0 Å². The van der Waals surface area contributed by atoms with E-state index in [2.05, 4.69) is 24.4 Å². The van der Waals surface area contributed by atoms with Crippen molar-refractivity contribution in [3.63, 3.8) is 0 Å². The molecule has 3 rings (SSSR count). The minimum Gasteiger partial charge on any atom is -0.348 e. The molecule has 0 aliphatic rings. The van der Waals surface area contributed by atoms with E-state index < -0.39 is 10.0 Å². The molecule has 0 aliphatic carbocycles. The first-order valence-electron chi connectivity index (χ1n) is 11.1. The molecule has 6 heteroatoms. The maximum atomic E-state index is 13.4. The first-order chi connectivity index (χ1) is 15.6. The van der Waals surface area contributed by atoms with Crippen molar-refractivity contribution in [3.05, 3.63) is 100 Å². The summed E-state index contributed by atoms with van der Waals surface area (Å²) in [6, 6.07) is 20.0. The van der Waals surface area contributed by atoms with Gasteiger partial charge >= 0.3 is 0 Å². The Morgan fingerprint density at radius 1 is 0.879 bits per heavy atom. The second kappa shape index (κ2) is 10.3. The van der Waals surface area contributed by atoms with E-state index in [4.69, 9.17) is 0 Å². The number of nitrogens with one attached hydrogen (secondary N) is 1. The lowest BCUT2D eigenvalue weighted by Crippen LogP contribution is -2.41. The summed E-state index contributed by atoms with van der Waals surface area (Å²) in [4.78, 5) is 13.2. The van der Waals surface area contributed by atoms with Gasteiger partial charge in [0.15, 0.2) is 0 Å². The summed E-state index contributed by atoms with van der Waals surface area (Å²) < 4.78 is 28.1. The Morgan fingerprint density at radius 3 is 2.12 bits per heavy atom. The number of carbonyl (C=O) groups is 1. The average molecular weight is 465 g/mol. The number of hydrogen-bond donors (Lipinski definition) is 1. The third kappa shape index (κ3) is 6.09. The molecule has 174 valence electrons. The Morgan fingerprint density at radius 2 is 1.48 bits per heavy atom. The third-order valence-corrected chi connectivity index (χ3v) is 7.71. The Kier molecular flexibility index (Phi) is 7.72. The van der Waals surface area contributed by atoms with Gasteiger partial charge in [0.1, 0.15) is 0 Å². The van der Waals surface area contributed by atoms with Crippen LogP contribution in [0.2, 0.25) is 0 Å². The molecule has 3 aromatic rings. The Labute approximate surface area is 197 Å². The topological polar surface area (TPSA) is 66.5 Å². The van der Waals surface area contributed by atoms with Gasteiger partial charge in [0, 0.05) is 6.54 Å². The van der Waals surface area contributed by atoms with E-state index in [9.17, 15) is 13.2 Å². The minimum atomic E-state index is -3.86. The van der Waals surface area contributed by atoms with Crippen LogP contribution in [0.3, 0.4) is 0 Å². The molecule has 0 saturated carbocycles. The highest BCUT2D eigenvalue weighted by Gasteiger charge is 2.27. The summed E-state index contributed by atoms with van der Waals surface area (Å²) in [7, 11) is -3.86. The van der Waals surface area contributed by atoms with Crippen molar-refractivity contribution >= 4 is 15.9 Å². The quantitative estimate of drug-likeness (QED) is 0.511. The zero-order valence-corrected chi connectivity index (χ0v) is 20.7. The van der Waals surface area contributed by atoms with Gasteiger partial charge in [-0.25, -0.2) is 8.42 Å². The highest BCUT2D eigenvalue weighted by atomic mass is 32.2. The highest BCUT2D eigenvalue weighted by Crippen LogP contribution is 2.23. The zero-order chi connectivity index (χ0) is 24.2. The lowest BCUT2D eigenvalue weighted by molar-refractivity contribution is -0.122. The molecule has 0 aromatic heterocycles. The molecular weight excluding hydrogens is 432 g/mol. The lowest BCUT2D eigenvalue weighted by atomic mass is 9.96. The van der Waals surface area contributed by atoms with Gasteiger partial charge in [0.25, 0.3) is 0 Å². The summed E-state index contributed by atoms with van der Waals surface area (Å²) in [5.74, 6) is -0.341. The monoisotopic (exact) mass is 464 g/mol. The Balaban J connectivity index is 1.84. The molecule has 0 spiro atoms. The van der Waals surface area contributed by atoms with Gasteiger partial charge in [-0.15, -0.1) is 0 Å². The van der Waals surface area contributed by atoms with Gasteiger partial charge in [-0.05, 0) is 74.6 Å². The number of rotatable bonds is 8. The Hall–Kier alpha value is -2.96. The normalized spacial score (nSPS) is 12.5. The summed E-state index contributed by atoms with van der Waals surface area (Å²) in [6.07, 6.45) is 0. The predicted molar refractivity (Wildman–Crippen MR) is 132 cm³/mol. The molecule has 0 radical (unpaired) electrons. The first kappa shape index (κ1) is 24.7. The molecule has 0 saturated heterocycles. The van der Waals surface area contributed by atoms with Crippen molar-refractivity contribution < 1.29 is 13.2 Å². The van der Waals surface area contributed by atoms with Crippen molar-refractivity contribution in [1.82, 2.24) is 9.62 Å². The van der Waals surface area contributed by atoms with Crippen LogP contribution in [0.15, 0.2) is 71.6 Å². The van der Waals surface area contributed by atoms with E-state index in [0.29, 0.717) is 0 Å². The number of amides is 1. The zero-order valence-electron chi connectivity index (χ0n) is 19.9. The first-order valence-corrected chi connectivity index (χ1v) is 12.5. The molecule has 1 atom stereocenters. The largest absolute Gasteiger partial charge is 0.348 e. The number of carbonyl (C=O) groups excluding carboxylic acids is 1. The molecule has 1 N–H and O–H groups in total. The molecule has 0 fully saturated rings. The minimum absolute atomic E-state index is 0.113. The van der Waals surface area contributed by atoms with E-state index in [1.54, 1.807) is 24.3 Å². The van der Waals surface area contributed by atoms with Gasteiger partial charge < -0.3 is 5.32 Å². The number of aryl methyl sites for hydroxylation is 4. The van der Waals surface area contributed by atoms with Crippen LogP contribution >= 0.6 is 0 Å². The van der Waals surface area contributed by atoms with Crippen LogP contribution in [-0.2, 0) is 21.4 Å². The van der Waals surface area contributed by atoms with Crippen LogP contribution in [0.1, 0.15) is 46.3 Å². The van der Waals surface area contributed by atoms with E-state index in [1.165, 1.54) is 9.87 Å². The van der Waals surface area contributed by atoms with Gasteiger partial charge in [0.2, 0.25) is 15.9 Å². The molecule has 1 amide bonds. The van der Waals surface area contributed by atoms with Gasteiger partial charge in [-0.3, -0.25) is 4.79 Å². The average Bonchev–Trinajstić information content (AvgIpc) is 2.76. The molecule has 0 aliphatic heterocycles. The molecule has 5 nitrogen and oxygen atoms in total. The summed E-state index contributed by atoms with van der Waals surface area (Å²) >= 11 is 0. The van der Waals surface area contributed by atoms with E-state index >= 15 is 0 Å². The summed E-state index contributed by atoms with van der Waals surface area (Å²) in [5.41, 5.74) is 6.28. The Bertz CT molecular complexity index is 1220. The van der Waals surface area contributed by atoms with E-state index in [-0.39, 0.29) is 29.9 Å². The smallest absolute Gasteiger partial charge is 0.243 e. The molecule has 0 bridgehead atoms.